The molecule has 0 bridgehead atoms. The van der Waals surface area contributed by atoms with Gasteiger partial charge in [0.05, 0.1) is 24.5 Å². The number of anilines is 2. The number of carbonyl (C=O) groups is 1. The molecule has 1 N–H and O–H groups in total. The summed E-state index contributed by atoms with van der Waals surface area (Å²) in [4.78, 5) is 24.1. The Hall–Kier alpha value is -3.34. The summed E-state index contributed by atoms with van der Waals surface area (Å²) in [5.74, 6) is 0.649. The third-order valence-electron chi connectivity index (χ3n) is 8.40. The van der Waals surface area contributed by atoms with Crippen LogP contribution in [0, 0.1) is 0 Å². The summed E-state index contributed by atoms with van der Waals surface area (Å²) in [7, 11) is 0. The Morgan fingerprint density at radius 1 is 0.976 bits per heavy atom. The fourth-order valence-electron chi connectivity index (χ4n) is 6.12. The van der Waals surface area contributed by atoms with Crippen LogP contribution < -0.4 is 10.2 Å². The first kappa shape index (κ1) is 28.8. The lowest BCUT2D eigenvalue weighted by atomic mass is 10.0. The van der Waals surface area contributed by atoms with Crippen LogP contribution in [0.2, 0.25) is 5.02 Å². The minimum atomic E-state index is -4.48. The smallest absolute Gasteiger partial charge is 0.379 e. The molecule has 3 aliphatic heterocycles. The van der Waals surface area contributed by atoms with E-state index in [2.05, 4.69) is 15.2 Å². The van der Waals surface area contributed by atoms with E-state index in [-0.39, 0.29) is 23.0 Å². The van der Waals surface area contributed by atoms with Crippen molar-refractivity contribution < 1.29 is 22.7 Å². The van der Waals surface area contributed by atoms with E-state index in [9.17, 15) is 18.0 Å². The summed E-state index contributed by atoms with van der Waals surface area (Å²) < 4.78 is 46.6. The van der Waals surface area contributed by atoms with Crippen molar-refractivity contribution in [3.8, 4) is 11.1 Å². The summed E-state index contributed by atoms with van der Waals surface area (Å²) in [6.45, 7) is 6.07. The number of rotatable bonds is 5. The van der Waals surface area contributed by atoms with Crippen LogP contribution in [0.15, 0.2) is 54.7 Å². The number of fused-ring (bicyclic) bond motifs is 1. The number of morpholine rings is 1. The van der Waals surface area contributed by atoms with Gasteiger partial charge in [-0.15, -0.1) is 0 Å². The van der Waals surface area contributed by atoms with Crippen LogP contribution in [0.4, 0.5) is 24.7 Å². The van der Waals surface area contributed by atoms with Gasteiger partial charge in [-0.1, -0.05) is 23.7 Å². The van der Waals surface area contributed by atoms with Gasteiger partial charge in [-0.2, -0.15) is 13.2 Å². The predicted octanol–water partition coefficient (Wildman–Crippen LogP) is 5.79. The molecule has 6 rings (SSSR count). The molecule has 222 valence electrons. The molecule has 3 aromatic rings. The molecule has 4 heterocycles. The first-order valence-electron chi connectivity index (χ1n) is 14.3. The predicted molar refractivity (Wildman–Crippen MR) is 157 cm³/mol. The molecule has 42 heavy (non-hydrogen) atoms. The molecule has 0 radical (unpaired) electrons. The number of benzene rings is 2. The van der Waals surface area contributed by atoms with Crippen LogP contribution >= 0.6 is 11.6 Å². The SMILES string of the molecule is O=C(c1ccc(-c2cnc3c(c2)N(Cc2cc(Cl)ccc2C(F)(F)F)CCN3)cc1)N1CCC(N2CCOCC2)CC1. The van der Waals surface area contributed by atoms with Gasteiger partial charge in [-0.25, -0.2) is 4.98 Å². The molecule has 0 spiro atoms. The van der Waals surface area contributed by atoms with Gasteiger partial charge in [0.15, 0.2) is 0 Å². The standard InChI is InChI=1S/C31H33ClF3N5O2/c32-25-5-6-27(31(33,34)35)24(17-25)20-40-12-9-36-29-28(40)18-23(19-37-29)21-1-3-22(4-2-21)30(41)39-10-7-26(8-11-39)38-13-15-42-16-14-38/h1-6,17-19,26H,7-16,20H2,(H,36,37). The van der Waals surface area contributed by atoms with Crippen LogP contribution in [0.25, 0.3) is 11.1 Å². The Kier molecular flexibility index (Phi) is 8.29. The molecule has 2 saturated heterocycles. The lowest BCUT2D eigenvalue weighted by Gasteiger charge is -2.40. The summed E-state index contributed by atoms with van der Waals surface area (Å²) in [5, 5.41) is 3.50. The second kappa shape index (κ2) is 12.1. The maximum atomic E-state index is 13.7. The number of nitrogens with zero attached hydrogens (tertiary/aromatic N) is 4. The minimum Gasteiger partial charge on any atom is -0.379 e. The number of amides is 1. The van der Waals surface area contributed by atoms with Crippen LogP contribution in [0.1, 0.15) is 34.3 Å². The van der Waals surface area contributed by atoms with Crippen LogP contribution in [0.5, 0.6) is 0 Å². The number of carbonyl (C=O) groups excluding carboxylic acids is 1. The van der Waals surface area contributed by atoms with Gasteiger partial charge >= 0.3 is 6.18 Å². The lowest BCUT2D eigenvalue weighted by molar-refractivity contribution is -0.138. The molecule has 7 nitrogen and oxygen atoms in total. The molecule has 1 amide bonds. The Bertz CT molecular complexity index is 1420. The van der Waals surface area contributed by atoms with Gasteiger partial charge in [0.25, 0.3) is 5.91 Å². The van der Waals surface area contributed by atoms with Crippen LogP contribution in [-0.4, -0.2) is 79.2 Å². The van der Waals surface area contributed by atoms with E-state index in [4.69, 9.17) is 16.3 Å². The van der Waals surface area contributed by atoms with Gasteiger partial charge in [-0.3, -0.25) is 9.69 Å². The summed E-state index contributed by atoms with van der Waals surface area (Å²) in [6.07, 6.45) is -0.804. The van der Waals surface area contributed by atoms with Crippen molar-refractivity contribution >= 4 is 29.0 Å². The number of alkyl halides is 3. The Balaban J connectivity index is 1.16. The summed E-state index contributed by atoms with van der Waals surface area (Å²) in [6, 6.07) is 13.6. The number of ether oxygens (including phenoxy) is 1. The third-order valence-corrected chi connectivity index (χ3v) is 8.63. The van der Waals surface area contributed by atoms with Crippen molar-refractivity contribution in [1.82, 2.24) is 14.8 Å². The van der Waals surface area contributed by atoms with Crippen LogP contribution in [-0.2, 0) is 17.5 Å². The molecule has 0 atom stereocenters. The zero-order chi connectivity index (χ0) is 29.3. The Labute approximate surface area is 248 Å². The molecule has 0 aliphatic carbocycles. The first-order valence-corrected chi connectivity index (χ1v) is 14.7. The maximum Gasteiger partial charge on any atom is 0.416 e. The van der Waals surface area contributed by atoms with E-state index in [1.165, 1.54) is 12.1 Å². The van der Waals surface area contributed by atoms with E-state index in [0.29, 0.717) is 30.5 Å². The number of nitrogens with one attached hydrogen (secondary N) is 1. The highest BCUT2D eigenvalue weighted by molar-refractivity contribution is 6.30. The van der Waals surface area contributed by atoms with Crippen molar-refractivity contribution in [1.29, 1.82) is 0 Å². The summed E-state index contributed by atoms with van der Waals surface area (Å²) >= 11 is 6.07. The number of piperidine rings is 1. The Morgan fingerprint density at radius 3 is 2.43 bits per heavy atom. The molecule has 1 aromatic heterocycles. The second-order valence-electron chi connectivity index (χ2n) is 11.0. The highest BCUT2D eigenvalue weighted by Crippen LogP contribution is 2.37. The van der Waals surface area contributed by atoms with E-state index in [1.807, 2.05) is 40.1 Å². The highest BCUT2D eigenvalue weighted by Gasteiger charge is 2.34. The van der Waals surface area contributed by atoms with E-state index >= 15 is 0 Å². The molecule has 11 heteroatoms. The summed E-state index contributed by atoms with van der Waals surface area (Å²) in [5.41, 5.74) is 2.47. The molecule has 3 aliphatic rings. The molecule has 0 saturated carbocycles. The zero-order valence-electron chi connectivity index (χ0n) is 23.2. The van der Waals surface area contributed by atoms with Crippen molar-refractivity contribution in [2.24, 2.45) is 0 Å². The Morgan fingerprint density at radius 2 is 1.71 bits per heavy atom. The van der Waals surface area contributed by atoms with Gasteiger partial charge in [0.1, 0.15) is 5.82 Å². The number of hydrogen-bond donors (Lipinski definition) is 1. The fourth-order valence-corrected chi connectivity index (χ4v) is 6.32. The number of hydrogen-bond acceptors (Lipinski definition) is 6. The number of aromatic nitrogens is 1. The molecule has 2 fully saturated rings. The molecular formula is C31H33ClF3N5O2. The lowest BCUT2D eigenvalue weighted by Crippen LogP contribution is -2.50. The molecule has 0 unspecified atom stereocenters. The number of halogens is 4. The highest BCUT2D eigenvalue weighted by atomic mass is 35.5. The average Bonchev–Trinajstić information content (AvgIpc) is 3.01. The quantitative estimate of drug-likeness (QED) is 0.401. The largest absolute Gasteiger partial charge is 0.416 e. The van der Waals surface area contributed by atoms with E-state index in [0.717, 1.165) is 75.1 Å². The van der Waals surface area contributed by atoms with Crippen molar-refractivity contribution in [2.45, 2.75) is 31.6 Å². The first-order chi connectivity index (χ1) is 20.3. The van der Waals surface area contributed by atoms with Crippen molar-refractivity contribution in [3.63, 3.8) is 0 Å². The monoisotopic (exact) mass is 599 g/mol. The van der Waals surface area contributed by atoms with Gasteiger partial charge in [-0.05, 0) is 60.4 Å². The molecular weight excluding hydrogens is 567 g/mol. The van der Waals surface area contributed by atoms with Gasteiger partial charge in [0.2, 0.25) is 0 Å². The maximum absolute atomic E-state index is 13.7. The van der Waals surface area contributed by atoms with E-state index in [1.54, 1.807) is 6.20 Å². The van der Waals surface area contributed by atoms with Gasteiger partial charge in [0, 0.05) is 74.2 Å². The van der Waals surface area contributed by atoms with Gasteiger partial charge < -0.3 is 19.9 Å². The second-order valence-corrected chi connectivity index (χ2v) is 11.4. The number of likely N-dealkylation sites (tertiary alicyclic amines) is 1. The third kappa shape index (κ3) is 6.21. The normalized spacial score (nSPS) is 18.5. The average molecular weight is 600 g/mol. The van der Waals surface area contributed by atoms with Crippen molar-refractivity contribution in [3.05, 3.63) is 76.4 Å². The van der Waals surface area contributed by atoms with Crippen molar-refractivity contribution in [2.75, 3.05) is 62.7 Å². The zero-order valence-corrected chi connectivity index (χ0v) is 23.9. The fraction of sp³-hybridized carbons (Fsp3) is 0.419. The number of pyridine rings is 1. The molecule has 2 aromatic carbocycles. The van der Waals surface area contributed by atoms with E-state index < -0.39 is 11.7 Å². The minimum absolute atomic E-state index is 0.0305. The van der Waals surface area contributed by atoms with Crippen LogP contribution in [0.3, 0.4) is 0 Å². The topological polar surface area (TPSA) is 60.9 Å².